The molecular formula is C14H12BrClN2O2. The third-order valence-corrected chi connectivity index (χ3v) is 3.47. The Balaban J connectivity index is 2.23. The van der Waals surface area contributed by atoms with Crippen LogP contribution in [0.2, 0.25) is 5.02 Å². The van der Waals surface area contributed by atoms with Crippen LogP contribution >= 0.6 is 27.5 Å². The van der Waals surface area contributed by atoms with Crippen LogP contribution in [-0.2, 0) is 0 Å². The van der Waals surface area contributed by atoms with Crippen LogP contribution in [0, 0.1) is 0 Å². The van der Waals surface area contributed by atoms with Crippen molar-refractivity contribution in [2.75, 3.05) is 18.2 Å². The van der Waals surface area contributed by atoms with Crippen LogP contribution in [-0.4, -0.2) is 13.0 Å². The quantitative estimate of drug-likeness (QED) is 0.820. The third-order valence-electron chi connectivity index (χ3n) is 2.67. The first-order valence-corrected chi connectivity index (χ1v) is 6.88. The van der Waals surface area contributed by atoms with E-state index in [2.05, 4.69) is 21.2 Å². The lowest BCUT2D eigenvalue weighted by Gasteiger charge is -2.10. The van der Waals surface area contributed by atoms with Crippen molar-refractivity contribution in [1.82, 2.24) is 0 Å². The number of hydrogen-bond acceptors (Lipinski definition) is 3. The topological polar surface area (TPSA) is 64.3 Å². The van der Waals surface area contributed by atoms with Gasteiger partial charge in [0.05, 0.1) is 23.4 Å². The van der Waals surface area contributed by atoms with Crippen LogP contribution in [0.5, 0.6) is 5.75 Å². The summed E-state index contributed by atoms with van der Waals surface area (Å²) in [5.74, 6) is 0.207. The summed E-state index contributed by atoms with van der Waals surface area (Å²) in [4.78, 5) is 12.1. The maximum absolute atomic E-state index is 12.1. The van der Waals surface area contributed by atoms with E-state index in [9.17, 15) is 4.79 Å². The van der Waals surface area contributed by atoms with Gasteiger partial charge in [-0.1, -0.05) is 27.5 Å². The Kier molecular flexibility index (Phi) is 4.52. The molecule has 0 aliphatic carbocycles. The van der Waals surface area contributed by atoms with Gasteiger partial charge < -0.3 is 15.8 Å². The molecule has 2 aromatic carbocycles. The van der Waals surface area contributed by atoms with Gasteiger partial charge in [0.2, 0.25) is 0 Å². The molecule has 0 aliphatic rings. The molecule has 0 spiro atoms. The molecule has 0 aliphatic heterocycles. The van der Waals surface area contributed by atoms with Crippen molar-refractivity contribution < 1.29 is 9.53 Å². The molecule has 0 fully saturated rings. The molecule has 0 atom stereocenters. The maximum atomic E-state index is 12.1. The molecule has 0 aromatic heterocycles. The summed E-state index contributed by atoms with van der Waals surface area (Å²) in [7, 11) is 1.52. The van der Waals surface area contributed by atoms with E-state index < -0.39 is 0 Å². The number of benzene rings is 2. The molecule has 0 unspecified atom stereocenters. The number of carbonyl (C=O) groups is 1. The Bertz CT molecular complexity index is 662. The predicted molar refractivity (Wildman–Crippen MR) is 84.5 cm³/mol. The van der Waals surface area contributed by atoms with E-state index in [1.54, 1.807) is 36.4 Å². The van der Waals surface area contributed by atoms with Crippen molar-refractivity contribution in [1.29, 1.82) is 0 Å². The zero-order valence-electron chi connectivity index (χ0n) is 10.6. The van der Waals surface area contributed by atoms with E-state index >= 15 is 0 Å². The molecule has 3 N–H and O–H groups in total. The molecule has 104 valence electrons. The second-order valence-electron chi connectivity index (χ2n) is 4.04. The summed E-state index contributed by atoms with van der Waals surface area (Å²) in [5.41, 5.74) is 7.20. The van der Waals surface area contributed by atoms with Crippen molar-refractivity contribution in [3.05, 3.63) is 51.5 Å². The van der Waals surface area contributed by atoms with Crippen LogP contribution in [0.15, 0.2) is 40.9 Å². The van der Waals surface area contributed by atoms with Crippen molar-refractivity contribution in [3.8, 4) is 5.75 Å². The molecule has 0 saturated heterocycles. The number of hydrogen-bond donors (Lipinski definition) is 2. The predicted octanol–water partition coefficient (Wildman–Crippen LogP) is 3.95. The standard InChI is InChI=1S/C14H12BrClN2O2/c1-20-13-7-9(3-5-12(13)17)18-14(19)10-4-2-8(15)6-11(10)16/h2-7H,17H2,1H3,(H,18,19). The number of halogens is 2. The number of rotatable bonds is 3. The molecule has 4 nitrogen and oxygen atoms in total. The normalized spacial score (nSPS) is 10.2. The summed E-state index contributed by atoms with van der Waals surface area (Å²) in [5, 5.41) is 3.12. The van der Waals surface area contributed by atoms with Crippen LogP contribution in [0.3, 0.4) is 0 Å². The highest BCUT2D eigenvalue weighted by molar-refractivity contribution is 9.10. The minimum absolute atomic E-state index is 0.297. The summed E-state index contributed by atoms with van der Waals surface area (Å²) < 4.78 is 5.92. The smallest absolute Gasteiger partial charge is 0.257 e. The minimum Gasteiger partial charge on any atom is -0.495 e. The van der Waals surface area contributed by atoms with Crippen molar-refractivity contribution in [3.63, 3.8) is 0 Å². The van der Waals surface area contributed by atoms with Crippen molar-refractivity contribution >= 4 is 44.8 Å². The lowest BCUT2D eigenvalue weighted by Crippen LogP contribution is -2.12. The van der Waals surface area contributed by atoms with Gasteiger partial charge in [0.15, 0.2) is 0 Å². The molecule has 0 heterocycles. The fourth-order valence-electron chi connectivity index (χ4n) is 1.66. The maximum Gasteiger partial charge on any atom is 0.257 e. The number of nitrogens with one attached hydrogen (secondary N) is 1. The second kappa shape index (κ2) is 6.15. The SMILES string of the molecule is COc1cc(NC(=O)c2ccc(Br)cc2Cl)ccc1N. The molecule has 2 rings (SSSR count). The van der Waals surface area contributed by atoms with E-state index in [1.165, 1.54) is 7.11 Å². The van der Waals surface area contributed by atoms with Gasteiger partial charge in [-0.3, -0.25) is 4.79 Å². The van der Waals surface area contributed by atoms with E-state index in [0.29, 0.717) is 27.7 Å². The Morgan fingerprint density at radius 3 is 2.70 bits per heavy atom. The number of amides is 1. The van der Waals surface area contributed by atoms with Crippen LogP contribution < -0.4 is 15.8 Å². The van der Waals surface area contributed by atoms with Gasteiger partial charge in [-0.2, -0.15) is 0 Å². The molecule has 0 radical (unpaired) electrons. The van der Waals surface area contributed by atoms with Gasteiger partial charge in [-0.25, -0.2) is 0 Å². The minimum atomic E-state index is -0.297. The second-order valence-corrected chi connectivity index (χ2v) is 5.36. The summed E-state index contributed by atoms with van der Waals surface area (Å²) in [6, 6.07) is 10.1. The van der Waals surface area contributed by atoms with E-state index in [-0.39, 0.29) is 5.91 Å². The van der Waals surface area contributed by atoms with Gasteiger partial charge in [0.25, 0.3) is 5.91 Å². The van der Waals surface area contributed by atoms with Crippen molar-refractivity contribution in [2.45, 2.75) is 0 Å². The Morgan fingerprint density at radius 2 is 2.05 bits per heavy atom. The largest absolute Gasteiger partial charge is 0.495 e. The number of ether oxygens (including phenoxy) is 1. The molecule has 2 aromatic rings. The molecule has 0 bridgehead atoms. The highest BCUT2D eigenvalue weighted by atomic mass is 79.9. The fourth-order valence-corrected chi connectivity index (χ4v) is 2.42. The van der Waals surface area contributed by atoms with Gasteiger partial charge in [0.1, 0.15) is 5.75 Å². The first-order valence-electron chi connectivity index (χ1n) is 5.71. The Hall–Kier alpha value is -1.72. The lowest BCUT2D eigenvalue weighted by atomic mass is 10.2. The fraction of sp³-hybridized carbons (Fsp3) is 0.0714. The number of anilines is 2. The number of nitrogens with two attached hydrogens (primary N) is 1. The van der Waals surface area contributed by atoms with E-state index in [0.717, 1.165) is 4.47 Å². The van der Waals surface area contributed by atoms with Crippen LogP contribution in [0.1, 0.15) is 10.4 Å². The third kappa shape index (κ3) is 3.23. The van der Waals surface area contributed by atoms with Gasteiger partial charge in [-0.05, 0) is 30.3 Å². The molecule has 1 amide bonds. The summed E-state index contributed by atoms with van der Waals surface area (Å²) in [6.07, 6.45) is 0. The average Bonchev–Trinajstić information content (AvgIpc) is 2.40. The zero-order chi connectivity index (χ0) is 14.7. The van der Waals surface area contributed by atoms with E-state index in [1.807, 2.05) is 0 Å². The van der Waals surface area contributed by atoms with Crippen molar-refractivity contribution in [2.24, 2.45) is 0 Å². The van der Waals surface area contributed by atoms with Crippen LogP contribution in [0.25, 0.3) is 0 Å². The monoisotopic (exact) mass is 354 g/mol. The number of methoxy groups -OCH3 is 1. The highest BCUT2D eigenvalue weighted by Crippen LogP contribution is 2.26. The Labute approximate surface area is 130 Å². The van der Waals surface area contributed by atoms with Crippen LogP contribution in [0.4, 0.5) is 11.4 Å². The molecule has 20 heavy (non-hydrogen) atoms. The number of carbonyl (C=O) groups excluding carboxylic acids is 1. The Morgan fingerprint density at radius 1 is 1.30 bits per heavy atom. The number of nitrogen functional groups attached to an aromatic ring is 1. The highest BCUT2D eigenvalue weighted by Gasteiger charge is 2.11. The molecule has 0 saturated carbocycles. The van der Waals surface area contributed by atoms with E-state index in [4.69, 9.17) is 22.1 Å². The first-order chi connectivity index (χ1) is 9.51. The van der Waals surface area contributed by atoms with Gasteiger partial charge >= 0.3 is 0 Å². The van der Waals surface area contributed by atoms with Gasteiger partial charge in [-0.15, -0.1) is 0 Å². The lowest BCUT2D eigenvalue weighted by molar-refractivity contribution is 0.102. The molecular weight excluding hydrogens is 344 g/mol. The first kappa shape index (κ1) is 14.7. The van der Waals surface area contributed by atoms with Gasteiger partial charge in [0, 0.05) is 16.2 Å². The molecule has 6 heteroatoms. The zero-order valence-corrected chi connectivity index (χ0v) is 13.0. The summed E-state index contributed by atoms with van der Waals surface area (Å²) >= 11 is 9.33. The summed E-state index contributed by atoms with van der Waals surface area (Å²) in [6.45, 7) is 0. The average molecular weight is 356 g/mol.